The summed E-state index contributed by atoms with van der Waals surface area (Å²) in [6, 6.07) is 0.822. The second-order valence-corrected chi connectivity index (χ2v) is 3.19. The normalized spacial score (nSPS) is 16.4. The average molecular weight is 210 g/mol. The minimum absolute atomic E-state index is 0.230. The highest BCUT2D eigenvalue weighted by Crippen LogP contribution is 2.26. The highest BCUT2D eigenvalue weighted by molar-refractivity contribution is 4.90. The van der Waals surface area contributed by atoms with E-state index in [4.69, 9.17) is 10.4 Å². The van der Waals surface area contributed by atoms with Gasteiger partial charge in [0.05, 0.1) is 12.7 Å². The first-order valence-corrected chi connectivity index (χ1v) is 4.10. The topological polar surface area (TPSA) is 47.3 Å². The van der Waals surface area contributed by atoms with Crippen LogP contribution in [0, 0.1) is 17.2 Å². The second-order valence-electron chi connectivity index (χ2n) is 3.19. The third kappa shape index (κ3) is 3.94. The fourth-order valence-electron chi connectivity index (χ4n) is 0.825. The summed E-state index contributed by atoms with van der Waals surface area (Å²) in [5.41, 5.74) is 0. The Balaban J connectivity index is 4.28. The van der Waals surface area contributed by atoms with E-state index >= 15 is 0 Å². The number of alkyl halides is 3. The fraction of sp³-hybridized carbons (Fsp3) is 0.875. The smallest absolute Gasteiger partial charge is 0.395 e. The second kappa shape index (κ2) is 5.17. The van der Waals surface area contributed by atoms with Gasteiger partial charge in [0, 0.05) is 12.6 Å². The van der Waals surface area contributed by atoms with Gasteiger partial charge in [-0.15, -0.1) is 0 Å². The Hall–Kier alpha value is -0.800. The lowest BCUT2D eigenvalue weighted by molar-refractivity contribution is -0.163. The van der Waals surface area contributed by atoms with Gasteiger partial charge in [0.2, 0.25) is 0 Å². The summed E-state index contributed by atoms with van der Waals surface area (Å²) in [6.07, 6.45) is -4.50. The molecule has 2 atom stereocenters. The Bertz CT molecular complexity index is 212. The van der Waals surface area contributed by atoms with Gasteiger partial charge in [-0.3, -0.25) is 4.90 Å². The first kappa shape index (κ1) is 13.2. The van der Waals surface area contributed by atoms with Crippen LogP contribution >= 0.6 is 0 Å². The molecule has 0 aliphatic rings. The number of halogens is 3. The summed E-state index contributed by atoms with van der Waals surface area (Å²) in [7, 11) is 1.44. The molecule has 0 aromatic heterocycles. The number of likely N-dealkylation sites (N-methyl/N-ethyl adjacent to an activating group) is 1. The van der Waals surface area contributed by atoms with Gasteiger partial charge in [-0.25, -0.2) is 0 Å². The third-order valence-electron chi connectivity index (χ3n) is 2.04. The van der Waals surface area contributed by atoms with Crippen LogP contribution in [0.1, 0.15) is 6.92 Å². The zero-order valence-electron chi connectivity index (χ0n) is 8.04. The van der Waals surface area contributed by atoms with Crippen LogP contribution in [0.4, 0.5) is 13.2 Å². The lowest BCUT2D eigenvalue weighted by Crippen LogP contribution is -2.39. The third-order valence-corrected chi connectivity index (χ3v) is 2.04. The van der Waals surface area contributed by atoms with Crippen LogP contribution in [0.2, 0.25) is 0 Å². The monoisotopic (exact) mass is 210 g/mol. The number of rotatable bonds is 4. The van der Waals surface area contributed by atoms with Crippen molar-refractivity contribution in [3.05, 3.63) is 0 Å². The van der Waals surface area contributed by atoms with Crippen LogP contribution in [-0.4, -0.2) is 42.4 Å². The van der Waals surface area contributed by atoms with E-state index in [1.165, 1.54) is 18.0 Å². The lowest BCUT2D eigenvalue weighted by atomic mass is 10.1. The van der Waals surface area contributed by atoms with Crippen molar-refractivity contribution >= 4 is 0 Å². The molecule has 0 spiro atoms. The van der Waals surface area contributed by atoms with Crippen molar-refractivity contribution in [3.8, 4) is 6.07 Å². The first-order chi connectivity index (χ1) is 6.32. The number of nitrogens with zero attached hydrogens (tertiary/aromatic N) is 2. The van der Waals surface area contributed by atoms with Crippen molar-refractivity contribution in [2.45, 2.75) is 19.1 Å². The van der Waals surface area contributed by atoms with E-state index in [1.807, 2.05) is 0 Å². The van der Waals surface area contributed by atoms with Gasteiger partial charge in [0.15, 0.2) is 5.92 Å². The molecule has 2 unspecified atom stereocenters. The average Bonchev–Trinajstić information content (AvgIpc) is 2.10. The summed E-state index contributed by atoms with van der Waals surface area (Å²) < 4.78 is 36.4. The Labute approximate surface area is 80.7 Å². The minimum Gasteiger partial charge on any atom is -0.395 e. The van der Waals surface area contributed by atoms with Gasteiger partial charge < -0.3 is 5.11 Å². The van der Waals surface area contributed by atoms with E-state index in [0.717, 1.165) is 0 Å². The Morgan fingerprint density at radius 1 is 1.50 bits per heavy atom. The summed E-state index contributed by atoms with van der Waals surface area (Å²) >= 11 is 0. The molecule has 0 saturated heterocycles. The molecule has 0 fully saturated rings. The van der Waals surface area contributed by atoms with E-state index < -0.39 is 18.6 Å². The van der Waals surface area contributed by atoms with Crippen molar-refractivity contribution in [1.29, 1.82) is 5.26 Å². The minimum atomic E-state index is -4.50. The van der Waals surface area contributed by atoms with Crippen LogP contribution in [0.5, 0.6) is 0 Å². The van der Waals surface area contributed by atoms with Gasteiger partial charge in [0.25, 0.3) is 0 Å². The quantitative estimate of drug-likeness (QED) is 0.753. The molecule has 0 saturated carbocycles. The van der Waals surface area contributed by atoms with Crippen molar-refractivity contribution < 1.29 is 18.3 Å². The molecule has 0 heterocycles. The summed E-state index contributed by atoms with van der Waals surface area (Å²) in [4.78, 5) is 1.31. The van der Waals surface area contributed by atoms with Crippen LogP contribution in [-0.2, 0) is 0 Å². The molecular weight excluding hydrogens is 197 g/mol. The number of aliphatic hydroxyl groups is 1. The molecule has 0 aliphatic carbocycles. The summed E-state index contributed by atoms with van der Waals surface area (Å²) in [5.74, 6) is -2.00. The Morgan fingerprint density at radius 2 is 2.00 bits per heavy atom. The van der Waals surface area contributed by atoms with E-state index in [2.05, 4.69) is 0 Å². The SMILES string of the molecule is CC(CO)N(C)CC(C#N)C(F)(F)F. The molecule has 0 aromatic carbocycles. The van der Waals surface area contributed by atoms with Gasteiger partial charge in [0.1, 0.15) is 0 Å². The maximum Gasteiger partial charge on any atom is 0.405 e. The highest BCUT2D eigenvalue weighted by atomic mass is 19.4. The molecule has 1 N–H and O–H groups in total. The van der Waals surface area contributed by atoms with Crippen LogP contribution in [0.25, 0.3) is 0 Å². The van der Waals surface area contributed by atoms with Crippen molar-refractivity contribution in [2.24, 2.45) is 5.92 Å². The van der Waals surface area contributed by atoms with Crippen LogP contribution in [0.15, 0.2) is 0 Å². The molecule has 0 aromatic rings. The molecule has 3 nitrogen and oxygen atoms in total. The van der Waals surface area contributed by atoms with Gasteiger partial charge >= 0.3 is 6.18 Å². The van der Waals surface area contributed by atoms with Gasteiger partial charge in [-0.1, -0.05) is 0 Å². The van der Waals surface area contributed by atoms with E-state index in [0.29, 0.717) is 0 Å². The van der Waals surface area contributed by atoms with Crippen LogP contribution in [0.3, 0.4) is 0 Å². The predicted octanol–water partition coefficient (Wildman–Crippen LogP) is 1.00. The Morgan fingerprint density at radius 3 is 2.29 bits per heavy atom. The molecule has 0 radical (unpaired) electrons. The zero-order chi connectivity index (χ0) is 11.4. The van der Waals surface area contributed by atoms with Crippen molar-refractivity contribution in [2.75, 3.05) is 20.2 Å². The van der Waals surface area contributed by atoms with E-state index in [1.54, 1.807) is 6.92 Å². The van der Waals surface area contributed by atoms with Crippen molar-refractivity contribution in [3.63, 3.8) is 0 Å². The lowest BCUT2D eigenvalue weighted by Gasteiger charge is -2.25. The molecule has 0 rings (SSSR count). The maximum atomic E-state index is 12.1. The molecule has 6 heteroatoms. The van der Waals surface area contributed by atoms with Crippen molar-refractivity contribution in [1.82, 2.24) is 4.90 Å². The molecule has 14 heavy (non-hydrogen) atoms. The zero-order valence-corrected chi connectivity index (χ0v) is 8.04. The van der Waals surface area contributed by atoms with E-state index in [-0.39, 0.29) is 12.6 Å². The number of hydrogen-bond acceptors (Lipinski definition) is 3. The van der Waals surface area contributed by atoms with Crippen LogP contribution < -0.4 is 0 Å². The standard InChI is InChI=1S/C8H13F3N2O/c1-6(5-14)13(2)4-7(3-12)8(9,10)11/h6-7,14H,4-5H2,1-2H3. The van der Waals surface area contributed by atoms with E-state index in [9.17, 15) is 13.2 Å². The predicted molar refractivity (Wildman–Crippen MR) is 44.3 cm³/mol. The largest absolute Gasteiger partial charge is 0.405 e. The molecular formula is C8H13F3N2O. The fourth-order valence-corrected chi connectivity index (χ4v) is 0.825. The maximum absolute atomic E-state index is 12.1. The molecule has 0 bridgehead atoms. The molecule has 0 aliphatic heterocycles. The number of hydrogen-bond donors (Lipinski definition) is 1. The van der Waals surface area contributed by atoms with Gasteiger partial charge in [-0.2, -0.15) is 18.4 Å². The number of aliphatic hydroxyl groups excluding tert-OH is 1. The first-order valence-electron chi connectivity index (χ1n) is 4.10. The Kier molecular flexibility index (Phi) is 4.88. The highest BCUT2D eigenvalue weighted by Gasteiger charge is 2.40. The number of nitriles is 1. The summed E-state index contributed by atoms with van der Waals surface area (Å²) in [6.45, 7) is 0.943. The van der Waals surface area contributed by atoms with Gasteiger partial charge in [-0.05, 0) is 14.0 Å². The molecule has 0 amide bonds. The summed E-state index contributed by atoms with van der Waals surface area (Å²) in [5, 5.41) is 17.0. The molecule has 82 valence electrons.